The summed E-state index contributed by atoms with van der Waals surface area (Å²) in [6, 6.07) is 12.1. The standard InChI is InChI=1S/C20H24N4O2/c1-26-18-5-3-2-4-17(18)23-10-12-24(13-11-23)19-9-8-16(14-21-19)22-20(25)15-6-7-15/h2-5,8-9,14-15H,6-7,10-13H2,1H3,(H,22,25). The molecule has 2 heterocycles. The van der Waals surface area contributed by atoms with E-state index in [-0.39, 0.29) is 11.8 Å². The predicted octanol–water partition coefficient (Wildman–Crippen LogP) is 2.77. The molecule has 2 aromatic rings. The third kappa shape index (κ3) is 3.59. The van der Waals surface area contributed by atoms with Crippen molar-refractivity contribution < 1.29 is 9.53 Å². The third-order valence-electron chi connectivity index (χ3n) is 4.99. The minimum atomic E-state index is 0.116. The molecule has 1 N–H and O–H groups in total. The van der Waals surface area contributed by atoms with Gasteiger partial charge in [0.1, 0.15) is 11.6 Å². The normalized spacial score (nSPS) is 17.1. The zero-order chi connectivity index (χ0) is 17.9. The fraction of sp³-hybridized carbons (Fsp3) is 0.400. The third-order valence-corrected chi connectivity index (χ3v) is 4.99. The number of carbonyl (C=O) groups is 1. The number of anilines is 3. The van der Waals surface area contributed by atoms with Crippen molar-refractivity contribution in [1.82, 2.24) is 4.98 Å². The second kappa shape index (κ2) is 7.23. The van der Waals surface area contributed by atoms with Crippen LogP contribution in [0.5, 0.6) is 5.75 Å². The Hall–Kier alpha value is -2.76. The summed E-state index contributed by atoms with van der Waals surface area (Å²) in [6.45, 7) is 3.64. The quantitative estimate of drug-likeness (QED) is 0.897. The summed E-state index contributed by atoms with van der Waals surface area (Å²) in [6.07, 6.45) is 3.77. The maximum Gasteiger partial charge on any atom is 0.227 e. The van der Waals surface area contributed by atoms with Gasteiger partial charge in [-0.05, 0) is 37.1 Å². The zero-order valence-corrected chi connectivity index (χ0v) is 15.0. The van der Waals surface area contributed by atoms with Crippen LogP contribution in [-0.2, 0) is 4.79 Å². The van der Waals surface area contributed by atoms with Crippen molar-refractivity contribution in [3.05, 3.63) is 42.6 Å². The van der Waals surface area contributed by atoms with Gasteiger partial charge in [-0.15, -0.1) is 0 Å². The van der Waals surface area contributed by atoms with E-state index in [4.69, 9.17) is 4.74 Å². The molecule has 1 saturated heterocycles. The van der Waals surface area contributed by atoms with Crippen molar-refractivity contribution in [2.75, 3.05) is 48.4 Å². The van der Waals surface area contributed by atoms with E-state index in [1.165, 1.54) is 0 Å². The molecule has 6 heteroatoms. The summed E-state index contributed by atoms with van der Waals surface area (Å²) in [5, 5.41) is 2.93. The Bertz CT molecular complexity index is 766. The number of rotatable bonds is 5. The largest absolute Gasteiger partial charge is 0.495 e. The van der Waals surface area contributed by atoms with Crippen molar-refractivity contribution in [3.8, 4) is 5.75 Å². The summed E-state index contributed by atoms with van der Waals surface area (Å²) < 4.78 is 5.47. The van der Waals surface area contributed by atoms with Gasteiger partial charge in [0.05, 0.1) is 24.7 Å². The predicted molar refractivity (Wildman–Crippen MR) is 103 cm³/mol. The van der Waals surface area contributed by atoms with E-state index < -0.39 is 0 Å². The fourth-order valence-electron chi connectivity index (χ4n) is 3.30. The van der Waals surface area contributed by atoms with Gasteiger partial charge in [0, 0.05) is 32.1 Å². The van der Waals surface area contributed by atoms with Crippen molar-refractivity contribution in [2.24, 2.45) is 5.92 Å². The van der Waals surface area contributed by atoms with Gasteiger partial charge in [0.25, 0.3) is 0 Å². The van der Waals surface area contributed by atoms with Crippen LogP contribution in [0.15, 0.2) is 42.6 Å². The van der Waals surface area contributed by atoms with Crippen molar-refractivity contribution >= 4 is 23.1 Å². The first-order valence-electron chi connectivity index (χ1n) is 9.14. The van der Waals surface area contributed by atoms with Crippen LogP contribution in [0.3, 0.4) is 0 Å². The van der Waals surface area contributed by atoms with Crippen LogP contribution < -0.4 is 19.9 Å². The number of benzene rings is 1. The summed E-state index contributed by atoms with van der Waals surface area (Å²) in [5.41, 5.74) is 1.92. The Labute approximate surface area is 153 Å². The molecule has 0 spiro atoms. The Morgan fingerprint density at radius 1 is 1.08 bits per heavy atom. The lowest BCUT2D eigenvalue weighted by Crippen LogP contribution is -2.46. The summed E-state index contributed by atoms with van der Waals surface area (Å²) in [5.74, 6) is 2.19. The molecule has 0 unspecified atom stereocenters. The van der Waals surface area contributed by atoms with Crippen LogP contribution in [0.25, 0.3) is 0 Å². The van der Waals surface area contributed by atoms with Gasteiger partial charge in [-0.25, -0.2) is 4.98 Å². The first-order chi connectivity index (χ1) is 12.7. The number of methoxy groups -OCH3 is 1. The highest BCUT2D eigenvalue weighted by molar-refractivity contribution is 5.93. The number of amides is 1. The van der Waals surface area contributed by atoms with E-state index in [1.54, 1.807) is 13.3 Å². The Morgan fingerprint density at radius 3 is 2.46 bits per heavy atom. The van der Waals surface area contributed by atoms with Crippen LogP contribution in [0.4, 0.5) is 17.2 Å². The Balaban J connectivity index is 1.36. The molecule has 1 amide bonds. The van der Waals surface area contributed by atoms with Gasteiger partial charge < -0.3 is 19.9 Å². The number of piperazine rings is 1. The Kier molecular flexibility index (Phi) is 4.65. The molecule has 2 aliphatic rings. The molecule has 1 saturated carbocycles. The van der Waals surface area contributed by atoms with Crippen LogP contribution >= 0.6 is 0 Å². The van der Waals surface area contributed by atoms with Gasteiger partial charge in [-0.2, -0.15) is 0 Å². The molecule has 1 aliphatic carbocycles. The fourth-order valence-corrected chi connectivity index (χ4v) is 3.30. The SMILES string of the molecule is COc1ccccc1N1CCN(c2ccc(NC(=O)C3CC3)cn2)CC1. The average Bonchev–Trinajstić information content (AvgIpc) is 3.54. The smallest absolute Gasteiger partial charge is 0.227 e. The number of hydrogen-bond donors (Lipinski definition) is 1. The highest BCUT2D eigenvalue weighted by atomic mass is 16.5. The van der Waals surface area contributed by atoms with Gasteiger partial charge in [0.2, 0.25) is 5.91 Å². The second-order valence-electron chi connectivity index (χ2n) is 6.81. The summed E-state index contributed by atoms with van der Waals surface area (Å²) in [7, 11) is 1.71. The number of nitrogens with zero attached hydrogens (tertiary/aromatic N) is 3. The van der Waals surface area contributed by atoms with E-state index in [1.807, 2.05) is 30.3 Å². The number of carbonyl (C=O) groups excluding carboxylic acids is 1. The van der Waals surface area contributed by atoms with E-state index >= 15 is 0 Å². The van der Waals surface area contributed by atoms with E-state index in [9.17, 15) is 4.79 Å². The van der Waals surface area contributed by atoms with Crippen LogP contribution in [0.2, 0.25) is 0 Å². The molecule has 6 nitrogen and oxygen atoms in total. The molecule has 0 radical (unpaired) electrons. The second-order valence-corrected chi connectivity index (χ2v) is 6.81. The molecular weight excluding hydrogens is 328 g/mol. The first kappa shape index (κ1) is 16.7. The van der Waals surface area contributed by atoms with Crippen LogP contribution in [0, 0.1) is 5.92 Å². The molecule has 136 valence electrons. The van der Waals surface area contributed by atoms with E-state index in [0.29, 0.717) is 0 Å². The maximum absolute atomic E-state index is 11.8. The maximum atomic E-state index is 11.8. The molecule has 0 bridgehead atoms. The number of para-hydroxylation sites is 2. The van der Waals surface area contributed by atoms with Gasteiger partial charge in [-0.1, -0.05) is 12.1 Å². The monoisotopic (exact) mass is 352 g/mol. The molecular formula is C20H24N4O2. The zero-order valence-electron chi connectivity index (χ0n) is 15.0. The van der Waals surface area contributed by atoms with Crippen LogP contribution in [0.1, 0.15) is 12.8 Å². The average molecular weight is 352 g/mol. The highest BCUT2D eigenvalue weighted by Crippen LogP contribution is 2.31. The summed E-state index contributed by atoms with van der Waals surface area (Å²) >= 11 is 0. The minimum Gasteiger partial charge on any atom is -0.495 e. The molecule has 1 aromatic carbocycles. The molecule has 0 atom stereocenters. The van der Waals surface area contributed by atoms with E-state index in [2.05, 4.69) is 26.2 Å². The number of ether oxygens (including phenoxy) is 1. The molecule has 2 fully saturated rings. The lowest BCUT2D eigenvalue weighted by Gasteiger charge is -2.37. The Morgan fingerprint density at radius 2 is 1.81 bits per heavy atom. The number of aromatic nitrogens is 1. The molecule has 1 aromatic heterocycles. The number of nitrogens with one attached hydrogen (secondary N) is 1. The minimum absolute atomic E-state index is 0.116. The lowest BCUT2D eigenvalue weighted by atomic mass is 10.2. The molecule has 1 aliphatic heterocycles. The molecule has 26 heavy (non-hydrogen) atoms. The number of pyridine rings is 1. The van der Waals surface area contributed by atoms with Gasteiger partial charge >= 0.3 is 0 Å². The van der Waals surface area contributed by atoms with Crippen LogP contribution in [-0.4, -0.2) is 44.2 Å². The van der Waals surface area contributed by atoms with Crippen molar-refractivity contribution in [2.45, 2.75) is 12.8 Å². The van der Waals surface area contributed by atoms with E-state index in [0.717, 1.165) is 62.0 Å². The molecule has 4 rings (SSSR count). The highest BCUT2D eigenvalue weighted by Gasteiger charge is 2.29. The summed E-state index contributed by atoms with van der Waals surface area (Å²) in [4.78, 5) is 21.0. The lowest BCUT2D eigenvalue weighted by molar-refractivity contribution is -0.117. The first-order valence-corrected chi connectivity index (χ1v) is 9.14. The van der Waals surface area contributed by atoms with Crippen molar-refractivity contribution in [3.63, 3.8) is 0 Å². The number of hydrogen-bond acceptors (Lipinski definition) is 5. The van der Waals surface area contributed by atoms with Gasteiger partial charge in [0.15, 0.2) is 0 Å². The van der Waals surface area contributed by atoms with Crippen molar-refractivity contribution in [1.29, 1.82) is 0 Å². The van der Waals surface area contributed by atoms with Gasteiger partial charge in [-0.3, -0.25) is 4.79 Å². The topological polar surface area (TPSA) is 57.7 Å².